The summed E-state index contributed by atoms with van der Waals surface area (Å²) in [5, 5.41) is 13.7. The first-order valence-electron chi connectivity index (χ1n) is 15.8. The SMILES string of the molecule is Cc1nc2c(cc1Nc1nccc(-c3cc(C#N)c4c(c3)[C@@](C)(CO[Si](C)(C)C(C)(C)C)CN4C(=O)OC(C)(C)C)n1)COCC2. The normalized spacial score (nSPS) is 18.1. The average molecular weight is 643 g/mol. The van der Waals surface area contributed by atoms with Gasteiger partial charge in [-0.15, -0.1) is 0 Å². The van der Waals surface area contributed by atoms with Gasteiger partial charge in [-0.3, -0.25) is 9.88 Å². The molecule has 46 heavy (non-hydrogen) atoms. The Hall–Kier alpha value is -3.85. The second-order valence-electron chi connectivity index (χ2n) is 15.1. The van der Waals surface area contributed by atoms with Crippen LogP contribution in [0.2, 0.25) is 18.1 Å². The zero-order chi connectivity index (χ0) is 33.7. The standard InChI is InChI=1S/C35H46N6O4Si/c1-22-29(17-25-19-43-14-12-28(25)38-22)40-31-37-13-11-27(39-31)23-15-24(18-36)30-26(16-23)35(8,21-44-46(9,10)34(5,6)7)20-41(30)32(42)45-33(2,3)4/h11,13,15-17H,12,14,19-21H2,1-10H3,(H,37,39,40)/t35-/m1/s1. The third-order valence-electron chi connectivity index (χ3n) is 9.15. The van der Waals surface area contributed by atoms with Crippen molar-refractivity contribution < 1.29 is 18.7 Å². The molecular weight excluding hydrogens is 597 g/mol. The predicted octanol–water partition coefficient (Wildman–Crippen LogP) is 7.57. The maximum absolute atomic E-state index is 13.6. The summed E-state index contributed by atoms with van der Waals surface area (Å²) in [6, 6.07) is 10.0. The lowest BCUT2D eigenvalue weighted by atomic mass is 9.83. The van der Waals surface area contributed by atoms with E-state index in [0.29, 0.717) is 49.3 Å². The molecule has 5 rings (SSSR count). The van der Waals surface area contributed by atoms with Gasteiger partial charge in [0.2, 0.25) is 5.95 Å². The van der Waals surface area contributed by atoms with E-state index in [4.69, 9.17) is 23.9 Å². The summed E-state index contributed by atoms with van der Waals surface area (Å²) in [5.74, 6) is 0.414. The van der Waals surface area contributed by atoms with Gasteiger partial charge >= 0.3 is 6.09 Å². The smallest absolute Gasteiger partial charge is 0.414 e. The van der Waals surface area contributed by atoms with Crippen molar-refractivity contribution in [3.8, 4) is 17.3 Å². The van der Waals surface area contributed by atoms with Crippen molar-refractivity contribution in [3.05, 3.63) is 58.5 Å². The van der Waals surface area contributed by atoms with Crippen LogP contribution in [0.5, 0.6) is 0 Å². The third kappa shape index (κ3) is 6.80. The fourth-order valence-corrected chi connectivity index (χ4v) is 6.61. The molecular formula is C35H46N6O4Si. The molecule has 0 fully saturated rings. The quantitative estimate of drug-likeness (QED) is 0.271. The third-order valence-corrected chi connectivity index (χ3v) is 13.6. The number of aromatic nitrogens is 3. The summed E-state index contributed by atoms with van der Waals surface area (Å²) in [5.41, 5.74) is 5.70. The van der Waals surface area contributed by atoms with Gasteiger partial charge in [0, 0.05) is 48.0 Å². The Morgan fingerprint density at radius 2 is 1.91 bits per heavy atom. The first-order chi connectivity index (χ1) is 21.4. The largest absolute Gasteiger partial charge is 0.443 e. The summed E-state index contributed by atoms with van der Waals surface area (Å²) in [7, 11) is -2.13. The van der Waals surface area contributed by atoms with Crippen molar-refractivity contribution in [3.63, 3.8) is 0 Å². The molecule has 244 valence electrons. The highest BCUT2D eigenvalue weighted by Gasteiger charge is 2.47. The van der Waals surface area contributed by atoms with Crippen molar-refractivity contribution in [2.45, 2.75) is 97.6 Å². The Balaban J connectivity index is 1.55. The van der Waals surface area contributed by atoms with Crippen LogP contribution < -0.4 is 10.2 Å². The molecule has 0 radical (unpaired) electrons. The molecule has 2 aromatic heterocycles. The molecule has 3 aromatic rings. The predicted molar refractivity (Wildman–Crippen MR) is 182 cm³/mol. The van der Waals surface area contributed by atoms with Gasteiger partial charge in [0.1, 0.15) is 11.7 Å². The Morgan fingerprint density at radius 3 is 2.59 bits per heavy atom. The van der Waals surface area contributed by atoms with E-state index in [2.05, 4.69) is 63.2 Å². The van der Waals surface area contributed by atoms with Crippen molar-refractivity contribution in [2.24, 2.45) is 0 Å². The zero-order valence-electron chi connectivity index (χ0n) is 28.8. The molecule has 1 amide bonds. The maximum atomic E-state index is 13.6. The van der Waals surface area contributed by atoms with Crippen LogP contribution in [0, 0.1) is 18.3 Å². The molecule has 2 aliphatic heterocycles. The highest BCUT2D eigenvalue weighted by molar-refractivity contribution is 6.74. The number of rotatable bonds is 6. The maximum Gasteiger partial charge on any atom is 0.414 e. The Morgan fingerprint density at radius 1 is 1.17 bits per heavy atom. The highest BCUT2D eigenvalue weighted by atomic mass is 28.4. The van der Waals surface area contributed by atoms with Crippen LogP contribution >= 0.6 is 0 Å². The number of nitriles is 1. The number of fused-ring (bicyclic) bond motifs is 2. The van der Waals surface area contributed by atoms with Crippen LogP contribution in [0.1, 0.15) is 76.5 Å². The number of anilines is 3. The number of aryl methyl sites for hydroxylation is 1. The van der Waals surface area contributed by atoms with Gasteiger partial charge in [-0.2, -0.15) is 5.26 Å². The molecule has 2 aliphatic rings. The monoisotopic (exact) mass is 642 g/mol. The van der Waals surface area contributed by atoms with Crippen molar-refractivity contribution >= 4 is 31.7 Å². The first-order valence-corrected chi connectivity index (χ1v) is 18.7. The van der Waals surface area contributed by atoms with Gasteiger partial charge in [-0.05, 0) is 75.7 Å². The van der Waals surface area contributed by atoms with E-state index < -0.39 is 25.4 Å². The number of nitrogens with one attached hydrogen (secondary N) is 1. The molecule has 1 atom stereocenters. The number of carbonyl (C=O) groups is 1. The van der Waals surface area contributed by atoms with E-state index in [1.165, 1.54) is 0 Å². The molecule has 10 nitrogen and oxygen atoms in total. The Kier molecular flexibility index (Phi) is 8.79. The molecule has 1 N–H and O–H groups in total. The lowest BCUT2D eigenvalue weighted by molar-refractivity contribution is 0.0575. The number of benzene rings is 1. The topological polar surface area (TPSA) is 122 Å². The summed E-state index contributed by atoms with van der Waals surface area (Å²) in [6.07, 6.45) is 2.01. The van der Waals surface area contributed by atoms with Crippen molar-refractivity contribution in [1.29, 1.82) is 5.26 Å². The second kappa shape index (κ2) is 12.1. The zero-order valence-corrected chi connectivity index (χ0v) is 29.8. The fraction of sp³-hybridized carbons (Fsp3) is 0.514. The van der Waals surface area contributed by atoms with Crippen LogP contribution in [0.3, 0.4) is 0 Å². The summed E-state index contributed by atoms with van der Waals surface area (Å²) < 4.78 is 18.2. The number of carbonyl (C=O) groups excluding carboxylic acids is 1. The number of ether oxygens (including phenoxy) is 2. The number of hydrogen-bond donors (Lipinski definition) is 1. The molecule has 0 aliphatic carbocycles. The van der Waals surface area contributed by atoms with Crippen LogP contribution in [0.4, 0.5) is 22.1 Å². The van der Waals surface area contributed by atoms with E-state index in [9.17, 15) is 10.1 Å². The summed E-state index contributed by atoms with van der Waals surface area (Å²) >= 11 is 0. The lowest BCUT2D eigenvalue weighted by Crippen LogP contribution is -2.46. The van der Waals surface area contributed by atoms with Crippen LogP contribution in [0.25, 0.3) is 11.3 Å². The van der Waals surface area contributed by atoms with E-state index in [1.807, 2.05) is 39.8 Å². The minimum atomic E-state index is -2.13. The van der Waals surface area contributed by atoms with Crippen molar-refractivity contribution in [1.82, 2.24) is 15.0 Å². The lowest BCUT2D eigenvalue weighted by Gasteiger charge is -2.39. The fourth-order valence-electron chi connectivity index (χ4n) is 5.50. The molecule has 0 spiro atoms. The number of hydrogen-bond acceptors (Lipinski definition) is 9. The van der Waals surface area contributed by atoms with E-state index in [1.54, 1.807) is 17.2 Å². The molecule has 4 heterocycles. The van der Waals surface area contributed by atoms with E-state index in [-0.39, 0.29) is 5.04 Å². The number of pyridine rings is 1. The minimum Gasteiger partial charge on any atom is -0.443 e. The second-order valence-corrected chi connectivity index (χ2v) is 19.9. The van der Waals surface area contributed by atoms with Crippen molar-refractivity contribution in [2.75, 3.05) is 30.0 Å². The first kappa shape index (κ1) is 33.5. The minimum absolute atomic E-state index is 0.0125. The summed E-state index contributed by atoms with van der Waals surface area (Å²) in [4.78, 5) is 29.2. The molecule has 0 unspecified atom stereocenters. The van der Waals surface area contributed by atoms with Gasteiger partial charge < -0.3 is 19.2 Å². The Bertz CT molecular complexity index is 1700. The van der Waals surface area contributed by atoms with Crippen LogP contribution in [0.15, 0.2) is 30.5 Å². The Labute approximate surface area is 273 Å². The molecule has 11 heteroatoms. The summed E-state index contributed by atoms with van der Waals surface area (Å²) in [6.45, 7) is 22.6. The van der Waals surface area contributed by atoms with Gasteiger partial charge in [0.25, 0.3) is 0 Å². The van der Waals surface area contributed by atoms with Gasteiger partial charge in [-0.25, -0.2) is 14.8 Å². The molecule has 0 saturated heterocycles. The van der Waals surface area contributed by atoms with Gasteiger partial charge in [0.15, 0.2) is 8.32 Å². The van der Waals surface area contributed by atoms with E-state index >= 15 is 0 Å². The van der Waals surface area contributed by atoms with Crippen LogP contribution in [-0.2, 0) is 32.3 Å². The number of nitrogens with zero attached hydrogens (tertiary/aromatic N) is 5. The average Bonchev–Trinajstić information content (AvgIpc) is 3.28. The number of amides is 1. The van der Waals surface area contributed by atoms with Crippen LogP contribution in [-0.4, -0.2) is 54.7 Å². The van der Waals surface area contributed by atoms with E-state index in [0.717, 1.165) is 40.2 Å². The van der Waals surface area contributed by atoms with Gasteiger partial charge in [0.05, 0.1) is 41.5 Å². The molecule has 0 saturated carbocycles. The molecule has 1 aromatic carbocycles. The highest BCUT2D eigenvalue weighted by Crippen LogP contribution is 2.47. The van der Waals surface area contributed by atoms with Gasteiger partial charge in [-0.1, -0.05) is 27.7 Å². The molecule has 0 bridgehead atoms.